The molecule has 0 bridgehead atoms. The number of nitro benzene ring substituents is 1. The van der Waals surface area contributed by atoms with Crippen molar-refractivity contribution in [1.82, 2.24) is 0 Å². The molecule has 0 aliphatic carbocycles. The summed E-state index contributed by atoms with van der Waals surface area (Å²) in [6.07, 6.45) is 0. The van der Waals surface area contributed by atoms with Gasteiger partial charge >= 0.3 is 0 Å². The Morgan fingerprint density at radius 3 is 2.53 bits per heavy atom. The number of carbonyl (C=O) groups excluding carboxylic acids is 1. The normalized spacial score (nSPS) is 10.8. The molecule has 0 saturated carbocycles. The maximum Gasteiger partial charge on any atom is 0.293 e. The lowest BCUT2D eigenvalue weighted by molar-refractivity contribution is -0.386. The molecule has 0 unspecified atom stereocenters. The topological polar surface area (TPSA) is 69.4 Å². The fraction of sp³-hybridized carbons (Fsp3) is 0.300. The van der Waals surface area contributed by atoms with Crippen LogP contribution in [0.25, 0.3) is 0 Å². The molecule has 1 rings (SSSR count). The maximum absolute atomic E-state index is 10.7. The lowest BCUT2D eigenvalue weighted by Gasteiger charge is -2.22. The van der Waals surface area contributed by atoms with E-state index >= 15 is 0 Å². The SMILES string of the molecule is CC(C)(OC=O)c1ccccc1[N+](=O)[O-]. The van der Waals surface area contributed by atoms with Crippen LogP contribution in [0.4, 0.5) is 5.69 Å². The molecule has 0 radical (unpaired) electrons. The van der Waals surface area contributed by atoms with Crippen LogP contribution in [0.3, 0.4) is 0 Å². The number of carbonyl (C=O) groups is 1. The van der Waals surface area contributed by atoms with Gasteiger partial charge in [-0.3, -0.25) is 14.9 Å². The van der Waals surface area contributed by atoms with Gasteiger partial charge in [0.25, 0.3) is 12.2 Å². The monoisotopic (exact) mass is 209 g/mol. The van der Waals surface area contributed by atoms with Gasteiger partial charge in [-0.2, -0.15) is 0 Å². The van der Waals surface area contributed by atoms with Crippen LogP contribution in [0, 0.1) is 10.1 Å². The zero-order chi connectivity index (χ0) is 11.5. The van der Waals surface area contributed by atoms with Crippen molar-refractivity contribution in [3.8, 4) is 0 Å². The van der Waals surface area contributed by atoms with Gasteiger partial charge in [0.2, 0.25) is 0 Å². The summed E-state index contributed by atoms with van der Waals surface area (Å²) in [6, 6.07) is 6.18. The molecule has 0 fully saturated rings. The highest BCUT2D eigenvalue weighted by atomic mass is 16.6. The van der Waals surface area contributed by atoms with Gasteiger partial charge in [-0.15, -0.1) is 0 Å². The summed E-state index contributed by atoms with van der Waals surface area (Å²) in [5.74, 6) is 0. The standard InChI is InChI=1S/C10H11NO4/c1-10(2,15-7-12)8-5-3-4-6-9(8)11(13)14/h3-7H,1-2H3. The Bertz CT molecular complexity index is 387. The van der Waals surface area contributed by atoms with Crippen molar-refractivity contribution in [2.75, 3.05) is 0 Å². The Kier molecular flexibility index (Phi) is 3.04. The molecule has 0 aliphatic rings. The highest BCUT2D eigenvalue weighted by Gasteiger charge is 2.29. The second kappa shape index (κ2) is 4.08. The fourth-order valence-electron chi connectivity index (χ4n) is 1.33. The third-order valence-electron chi connectivity index (χ3n) is 2.09. The van der Waals surface area contributed by atoms with Crippen LogP contribution in [0.1, 0.15) is 19.4 Å². The summed E-state index contributed by atoms with van der Waals surface area (Å²) in [4.78, 5) is 20.5. The quantitative estimate of drug-likeness (QED) is 0.432. The second-order valence-corrected chi connectivity index (χ2v) is 3.50. The Morgan fingerprint density at radius 2 is 2.00 bits per heavy atom. The van der Waals surface area contributed by atoms with Crippen LogP contribution in [0.5, 0.6) is 0 Å². The van der Waals surface area contributed by atoms with Crippen molar-refractivity contribution in [3.05, 3.63) is 39.9 Å². The van der Waals surface area contributed by atoms with E-state index in [0.29, 0.717) is 5.56 Å². The summed E-state index contributed by atoms with van der Waals surface area (Å²) in [6.45, 7) is 3.49. The first-order valence-electron chi connectivity index (χ1n) is 4.34. The highest BCUT2D eigenvalue weighted by molar-refractivity contribution is 5.46. The number of nitrogens with zero attached hydrogens (tertiary/aromatic N) is 1. The van der Waals surface area contributed by atoms with E-state index in [-0.39, 0.29) is 12.2 Å². The molecular weight excluding hydrogens is 198 g/mol. The third-order valence-corrected chi connectivity index (χ3v) is 2.09. The van der Waals surface area contributed by atoms with Crippen molar-refractivity contribution < 1.29 is 14.5 Å². The molecule has 0 atom stereocenters. The molecule has 0 aliphatic heterocycles. The lowest BCUT2D eigenvalue weighted by Crippen LogP contribution is -2.22. The zero-order valence-electron chi connectivity index (χ0n) is 8.47. The van der Waals surface area contributed by atoms with Crippen LogP contribution < -0.4 is 0 Å². The summed E-state index contributed by atoms with van der Waals surface area (Å²) in [5.41, 5.74) is -0.669. The Balaban J connectivity index is 3.23. The van der Waals surface area contributed by atoms with Gasteiger partial charge in [-0.25, -0.2) is 0 Å². The average molecular weight is 209 g/mol. The summed E-state index contributed by atoms with van der Waals surface area (Å²) in [7, 11) is 0. The van der Waals surface area contributed by atoms with Gasteiger partial charge in [-0.1, -0.05) is 12.1 Å². The number of para-hydroxylation sites is 1. The molecule has 0 N–H and O–H groups in total. The third kappa shape index (κ3) is 2.31. The number of hydrogen-bond acceptors (Lipinski definition) is 4. The molecule has 80 valence electrons. The first-order valence-corrected chi connectivity index (χ1v) is 4.34. The first-order chi connectivity index (χ1) is 6.99. The number of rotatable bonds is 4. The first kappa shape index (κ1) is 11.2. The average Bonchev–Trinajstić information content (AvgIpc) is 2.17. The Morgan fingerprint density at radius 1 is 1.40 bits per heavy atom. The maximum atomic E-state index is 10.7. The lowest BCUT2D eigenvalue weighted by atomic mass is 9.96. The van der Waals surface area contributed by atoms with Crippen LogP contribution in [-0.4, -0.2) is 11.4 Å². The predicted octanol–water partition coefficient (Wildman–Crippen LogP) is 2.00. The van der Waals surface area contributed by atoms with Crippen LogP contribution in [-0.2, 0) is 15.1 Å². The van der Waals surface area contributed by atoms with Gasteiger partial charge in [0.05, 0.1) is 10.5 Å². The van der Waals surface area contributed by atoms with Crippen molar-refractivity contribution >= 4 is 12.2 Å². The predicted molar refractivity (Wildman–Crippen MR) is 53.3 cm³/mol. The summed E-state index contributed by atoms with van der Waals surface area (Å²) >= 11 is 0. The molecule has 0 heterocycles. The van der Waals surface area contributed by atoms with Crippen molar-refractivity contribution in [2.45, 2.75) is 19.4 Å². The molecule has 0 spiro atoms. The summed E-state index contributed by atoms with van der Waals surface area (Å²) < 4.78 is 4.82. The minimum Gasteiger partial charge on any atom is -0.457 e. The van der Waals surface area contributed by atoms with Crippen molar-refractivity contribution in [3.63, 3.8) is 0 Å². The van der Waals surface area contributed by atoms with Crippen LogP contribution in [0.15, 0.2) is 24.3 Å². The molecule has 1 aromatic rings. The van der Waals surface area contributed by atoms with Gasteiger partial charge in [-0.05, 0) is 19.9 Å². The molecule has 1 aromatic carbocycles. The molecule has 0 amide bonds. The van der Waals surface area contributed by atoms with E-state index in [1.807, 2.05) is 0 Å². The number of ether oxygens (including phenoxy) is 1. The van der Waals surface area contributed by atoms with E-state index < -0.39 is 10.5 Å². The van der Waals surface area contributed by atoms with E-state index in [1.54, 1.807) is 32.0 Å². The number of benzene rings is 1. The fourth-order valence-corrected chi connectivity index (χ4v) is 1.33. The van der Waals surface area contributed by atoms with E-state index in [0.717, 1.165) is 0 Å². The van der Waals surface area contributed by atoms with Crippen molar-refractivity contribution in [1.29, 1.82) is 0 Å². The van der Waals surface area contributed by atoms with Crippen LogP contribution >= 0.6 is 0 Å². The van der Waals surface area contributed by atoms with Gasteiger partial charge in [0.1, 0.15) is 5.60 Å². The number of nitro groups is 1. The second-order valence-electron chi connectivity index (χ2n) is 3.50. The molecule has 15 heavy (non-hydrogen) atoms. The smallest absolute Gasteiger partial charge is 0.293 e. The summed E-state index contributed by atoms with van der Waals surface area (Å²) in [5, 5.41) is 10.7. The van der Waals surface area contributed by atoms with Crippen LogP contribution in [0.2, 0.25) is 0 Å². The molecular formula is C10H11NO4. The van der Waals surface area contributed by atoms with E-state index in [1.165, 1.54) is 6.07 Å². The number of hydrogen-bond donors (Lipinski definition) is 0. The Hall–Kier alpha value is -1.91. The largest absolute Gasteiger partial charge is 0.457 e. The van der Waals surface area contributed by atoms with E-state index in [9.17, 15) is 14.9 Å². The molecule has 5 heteroatoms. The minimum atomic E-state index is -0.995. The van der Waals surface area contributed by atoms with Gasteiger partial charge < -0.3 is 4.74 Å². The zero-order valence-corrected chi connectivity index (χ0v) is 8.47. The van der Waals surface area contributed by atoms with E-state index in [2.05, 4.69) is 0 Å². The molecule has 5 nitrogen and oxygen atoms in total. The minimum absolute atomic E-state index is 0.0515. The van der Waals surface area contributed by atoms with E-state index in [4.69, 9.17) is 4.74 Å². The van der Waals surface area contributed by atoms with Crippen molar-refractivity contribution in [2.24, 2.45) is 0 Å². The van der Waals surface area contributed by atoms with Gasteiger partial charge in [0, 0.05) is 6.07 Å². The van der Waals surface area contributed by atoms with Gasteiger partial charge in [0.15, 0.2) is 0 Å². The molecule has 0 saturated heterocycles. The highest BCUT2D eigenvalue weighted by Crippen LogP contribution is 2.31. The molecule has 0 aromatic heterocycles. The Labute approximate surface area is 86.8 Å².